The summed E-state index contributed by atoms with van der Waals surface area (Å²) < 4.78 is 9.72. The van der Waals surface area contributed by atoms with Crippen molar-refractivity contribution in [2.45, 2.75) is 6.42 Å². The number of rotatable bonds is 6. The van der Waals surface area contributed by atoms with Crippen LogP contribution in [0.5, 0.6) is 0 Å². The van der Waals surface area contributed by atoms with E-state index in [0.717, 1.165) is 6.08 Å². The van der Waals surface area contributed by atoms with Gasteiger partial charge in [-0.05, 0) is 12.1 Å². The molecule has 17 heavy (non-hydrogen) atoms. The van der Waals surface area contributed by atoms with Crippen molar-refractivity contribution in [2.75, 3.05) is 13.2 Å². The number of carbonyl (C=O) groups is 2. The molecule has 0 N–H and O–H groups in total. The van der Waals surface area contributed by atoms with Gasteiger partial charge in [0.1, 0.15) is 0 Å². The Morgan fingerprint density at radius 1 is 1.12 bits per heavy atom. The summed E-state index contributed by atoms with van der Waals surface area (Å²) >= 11 is 0. The van der Waals surface area contributed by atoms with Crippen molar-refractivity contribution >= 4 is 11.9 Å². The topological polar surface area (TPSA) is 52.6 Å². The first-order valence-corrected chi connectivity index (χ1v) is 5.25. The predicted molar refractivity (Wildman–Crippen MR) is 62.5 cm³/mol. The average molecular weight is 234 g/mol. The molecular formula is C13H14O4. The van der Waals surface area contributed by atoms with Gasteiger partial charge in [0.05, 0.1) is 18.8 Å². The van der Waals surface area contributed by atoms with Crippen molar-refractivity contribution in [1.82, 2.24) is 0 Å². The Labute approximate surface area is 99.8 Å². The fraction of sp³-hybridized carbons (Fsp3) is 0.231. The molecule has 0 aliphatic carbocycles. The first-order valence-electron chi connectivity index (χ1n) is 5.25. The number of benzene rings is 1. The summed E-state index contributed by atoms with van der Waals surface area (Å²) in [5, 5.41) is 0. The molecule has 4 heteroatoms. The van der Waals surface area contributed by atoms with Crippen LogP contribution in [0.3, 0.4) is 0 Å². The van der Waals surface area contributed by atoms with E-state index in [2.05, 4.69) is 6.58 Å². The summed E-state index contributed by atoms with van der Waals surface area (Å²) in [6.07, 6.45) is 1.56. The molecule has 0 radical (unpaired) electrons. The van der Waals surface area contributed by atoms with E-state index >= 15 is 0 Å². The molecule has 0 fully saturated rings. The van der Waals surface area contributed by atoms with E-state index in [1.807, 2.05) is 6.07 Å². The Balaban J connectivity index is 2.17. The van der Waals surface area contributed by atoms with E-state index in [1.54, 1.807) is 24.3 Å². The number of carbonyl (C=O) groups excluding carboxylic acids is 2. The molecule has 1 aromatic rings. The largest absolute Gasteiger partial charge is 0.462 e. The highest BCUT2D eigenvalue weighted by molar-refractivity contribution is 5.89. The minimum atomic E-state index is -0.473. The second-order valence-electron chi connectivity index (χ2n) is 3.23. The van der Waals surface area contributed by atoms with E-state index in [1.165, 1.54) is 0 Å². The lowest BCUT2D eigenvalue weighted by atomic mass is 10.2. The fourth-order valence-electron chi connectivity index (χ4n) is 1.11. The van der Waals surface area contributed by atoms with E-state index < -0.39 is 5.97 Å². The molecule has 0 bridgehead atoms. The SMILES string of the molecule is C=CC(=O)OCCCOC(=O)c1ccccc1. The lowest BCUT2D eigenvalue weighted by Crippen LogP contribution is -2.09. The maximum atomic E-state index is 11.5. The number of esters is 2. The molecule has 0 heterocycles. The Bertz CT molecular complexity index is 384. The summed E-state index contributed by atoms with van der Waals surface area (Å²) in [5.74, 6) is -0.847. The van der Waals surface area contributed by atoms with Crippen molar-refractivity contribution in [3.05, 3.63) is 48.6 Å². The first-order chi connectivity index (χ1) is 8.24. The molecule has 1 rings (SSSR count). The third-order valence-corrected chi connectivity index (χ3v) is 1.94. The van der Waals surface area contributed by atoms with Crippen LogP contribution in [0.2, 0.25) is 0 Å². The summed E-state index contributed by atoms with van der Waals surface area (Å²) in [5.41, 5.74) is 0.510. The second kappa shape index (κ2) is 7.22. The molecule has 0 spiro atoms. The Kier molecular flexibility index (Phi) is 5.51. The zero-order valence-electron chi connectivity index (χ0n) is 9.43. The Morgan fingerprint density at radius 2 is 1.76 bits per heavy atom. The molecule has 0 saturated carbocycles. The quantitative estimate of drug-likeness (QED) is 0.429. The van der Waals surface area contributed by atoms with Gasteiger partial charge >= 0.3 is 11.9 Å². The zero-order valence-corrected chi connectivity index (χ0v) is 9.43. The summed E-state index contributed by atoms with van der Waals surface area (Å²) in [6, 6.07) is 8.72. The maximum absolute atomic E-state index is 11.5. The van der Waals surface area contributed by atoms with Crippen LogP contribution >= 0.6 is 0 Å². The maximum Gasteiger partial charge on any atom is 0.338 e. The molecule has 90 valence electrons. The Morgan fingerprint density at radius 3 is 2.41 bits per heavy atom. The summed E-state index contributed by atoms with van der Waals surface area (Å²) in [6.45, 7) is 3.70. The van der Waals surface area contributed by atoms with Gasteiger partial charge < -0.3 is 9.47 Å². The summed E-state index contributed by atoms with van der Waals surface area (Å²) in [4.78, 5) is 22.1. The van der Waals surface area contributed by atoms with Crippen molar-refractivity contribution in [1.29, 1.82) is 0 Å². The highest BCUT2D eigenvalue weighted by Crippen LogP contribution is 2.01. The van der Waals surface area contributed by atoms with Crippen LogP contribution < -0.4 is 0 Å². The third kappa shape index (κ3) is 4.97. The zero-order chi connectivity index (χ0) is 12.5. The van der Waals surface area contributed by atoms with Gasteiger partial charge in [0.25, 0.3) is 0 Å². The number of hydrogen-bond donors (Lipinski definition) is 0. The van der Waals surface area contributed by atoms with E-state index in [-0.39, 0.29) is 19.2 Å². The van der Waals surface area contributed by atoms with Gasteiger partial charge in [-0.2, -0.15) is 0 Å². The standard InChI is InChI=1S/C13H14O4/c1-2-12(14)16-9-6-10-17-13(15)11-7-4-3-5-8-11/h2-5,7-8H,1,6,9-10H2. The molecule has 0 atom stereocenters. The van der Waals surface area contributed by atoms with E-state index in [0.29, 0.717) is 12.0 Å². The van der Waals surface area contributed by atoms with Crippen molar-refractivity contribution in [2.24, 2.45) is 0 Å². The Hall–Kier alpha value is -2.10. The van der Waals surface area contributed by atoms with Crippen LogP contribution in [0.1, 0.15) is 16.8 Å². The van der Waals surface area contributed by atoms with Gasteiger partial charge in [0.2, 0.25) is 0 Å². The molecule has 0 aliphatic heterocycles. The highest BCUT2D eigenvalue weighted by Gasteiger charge is 2.05. The first kappa shape index (κ1) is 13.0. The third-order valence-electron chi connectivity index (χ3n) is 1.94. The van der Waals surface area contributed by atoms with Crippen molar-refractivity contribution in [3.8, 4) is 0 Å². The van der Waals surface area contributed by atoms with Gasteiger partial charge in [0.15, 0.2) is 0 Å². The molecule has 0 amide bonds. The molecule has 0 unspecified atom stereocenters. The molecule has 0 saturated heterocycles. The molecule has 1 aromatic carbocycles. The van der Waals surface area contributed by atoms with Crippen LogP contribution in [-0.4, -0.2) is 25.2 Å². The van der Waals surface area contributed by atoms with Crippen LogP contribution in [0.4, 0.5) is 0 Å². The molecule has 4 nitrogen and oxygen atoms in total. The summed E-state index contributed by atoms with van der Waals surface area (Å²) in [7, 11) is 0. The monoisotopic (exact) mass is 234 g/mol. The lowest BCUT2D eigenvalue weighted by Gasteiger charge is -2.04. The smallest absolute Gasteiger partial charge is 0.338 e. The minimum absolute atomic E-state index is 0.215. The minimum Gasteiger partial charge on any atom is -0.462 e. The molecule has 0 aromatic heterocycles. The lowest BCUT2D eigenvalue weighted by molar-refractivity contribution is -0.137. The predicted octanol–water partition coefficient (Wildman–Crippen LogP) is 1.96. The van der Waals surface area contributed by atoms with Crippen LogP contribution in [0.15, 0.2) is 43.0 Å². The van der Waals surface area contributed by atoms with Gasteiger partial charge in [-0.1, -0.05) is 24.8 Å². The number of hydrogen-bond acceptors (Lipinski definition) is 4. The fourth-order valence-corrected chi connectivity index (χ4v) is 1.11. The van der Waals surface area contributed by atoms with Crippen molar-refractivity contribution in [3.63, 3.8) is 0 Å². The molecular weight excluding hydrogens is 220 g/mol. The van der Waals surface area contributed by atoms with Gasteiger partial charge in [-0.15, -0.1) is 0 Å². The average Bonchev–Trinajstić information content (AvgIpc) is 2.38. The van der Waals surface area contributed by atoms with Gasteiger partial charge in [-0.3, -0.25) is 0 Å². The molecule has 0 aliphatic rings. The van der Waals surface area contributed by atoms with Crippen LogP contribution in [0.25, 0.3) is 0 Å². The highest BCUT2D eigenvalue weighted by atomic mass is 16.5. The van der Waals surface area contributed by atoms with E-state index in [9.17, 15) is 9.59 Å². The van der Waals surface area contributed by atoms with Gasteiger partial charge in [-0.25, -0.2) is 9.59 Å². The second-order valence-corrected chi connectivity index (χ2v) is 3.23. The number of ether oxygens (including phenoxy) is 2. The van der Waals surface area contributed by atoms with Gasteiger partial charge in [0, 0.05) is 12.5 Å². The van der Waals surface area contributed by atoms with Crippen LogP contribution in [-0.2, 0) is 14.3 Å². The van der Waals surface area contributed by atoms with Crippen LogP contribution in [0, 0.1) is 0 Å². The van der Waals surface area contributed by atoms with Crippen molar-refractivity contribution < 1.29 is 19.1 Å². The van der Waals surface area contributed by atoms with E-state index in [4.69, 9.17) is 9.47 Å². The normalized spacial score (nSPS) is 9.41.